The SMILES string of the molecule is CCCSc1nc(NCCOCC)c2cnn(CCNC(=O)C(=O)OCC)c2n1. The molecule has 0 fully saturated rings. The molecule has 10 nitrogen and oxygen atoms in total. The molecule has 160 valence electrons. The van der Waals surface area contributed by atoms with Gasteiger partial charge in [-0.25, -0.2) is 19.4 Å². The van der Waals surface area contributed by atoms with Crippen LogP contribution in [0.4, 0.5) is 5.82 Å². The van der Waals surface area contributed by atoms with Gasteiger partial charge in [0.1, 0.15) is 5.82 Å². The second kappa shape index (κ2) is 12.2. The molecule has 0 saturated carbocycles. The summed E-state index contributed by atoms with van der Waals surface area (Å²) < 4.78 is 11.7. The summed E-state index contributed by atoms with van der Waals surface area (Å²) in [6.07, 6.45) is 2.71. The van der Waals surface area contributed by atoms with E-state index in [2.05, 4.69) is 37.4 Å². The van der Waals surface area contributed by atoms with Crippen molar-refractivity contribution in [2.24, 2.45) is 0 Å². The summed E-state index contributed by atoms with van der Waals surface area (Å²) in [6, 6.07) is 0. The molecule has 0 aliphatic heterocycles. The van der Waals surface area contributed by atoms with Crippen LogP contribution < -0.4 is 10.6 Å². The third-order valence-electron chi connectivity index (χ3n) is 3.72. The maximum absolute atomic E-state index is 11.7. The van der Waals surface area contributed by atoms with Crippen LogP contribution in [0.15, 0.2) is 11.4 Å². The topological polar surface area (TPSA) is 120 Å². The van der Waals surface area contributed by atoms with Gasteiger partial charge in [0.25, 0.3) is 0 Å². The molecular formula is C18H28N6O4S. The van der Waals surface area contributed by atoms with Crippen molar-refractivity contribution in [2.75, 3.05) is 44.0 Å². The van der Waals surface area contributed by atoms with E-state index in [1.54, 1.807) is 29.6 Å². The minimum atomic E-state index is -0.890. The third-order valence-corrected chi connectivity index (χ3v) is 4.78. The molecule has 0 spiro atoms. The Bertz CT molecular complexity index is 813. The average molecular weight is 425 g/mol. The molecule has 0 bridgehead atoms. The molecule has 1 amide bonds. The molecule has 2 rings (SSSR count). The maximum Gasteiger partial charge on any atom is 0.396 e. The van der Waals surface area contributed by atoms with E-state index >= 15 is 0 Å². The Labute approximate surface area is 174 Å². The van der Waals surface area contributed by atoms with Gasteiger partial charge >= 0.3 is 11.9 Å². The van der Waals surface area contributed by atoms with E-state index in [9.17, 15) is 9.59 Å². The number of amides is 1. The van der Waals surface area contributed by atoms with Crippen molar-refractivity contribution in [2.45, 2.75) is 38.9 Å². The first kappa shape index (κ1) is 22.9. The van der Waals surface area contributed by atoms with Crippen LogP contribution in [0.5, 0.6) is 0 Å². The molecule has 29 heavy (non-hydrogen) atoms. The van der Waals surface area contributed by atoms with Gasteiger partial charge in [0.2, 0.25) is 0 Å². The largest absolute Gasteiger partial charge is 0.459 e. The Hall–Kier alpha value is -2.40. The first-order valence-corrected chi connectivity index (χ1v) is 10.7. The molecule has 0 radical (unpaired) electrons. The predicted octanol–water partition coefficient (Wildman–Crippen LogP) is 1.46. The van der Waals surface area contributed by atoms with E-state index < -0.39 is 11.9 Å². The quantitative estimate of drug-likeness (QED) is 0.171. The van der Waals surface area contributed by atoms with Crippen molar-refractivity contribution < 1.29 is 19.1 Å². The number of nitrogens with zero attached hydrogens (tertiary/aromatic N) is 4. The minimum absolute atomic E-state index is 0.157. The highest BCUT2D eigenvalue weighted by molar-refractivity contribution is 7.99. The van der Waals surface area contributed by atoms with Gasteiger partial charge in [0.05, 0.1) is 31.3 Å². The first-order valence-electron chi connectivity index (χ1n) is 9.73. The summed E-state index contributed by atoms with van der Waals surface area (Å²) in [7, 11) is 0. The number of hydrogen-bond donors (Lipinski definition) is 2. The fourth-order valence-corrected chi connectivity index (χ4v) is 3.12. The van der Waals surface area contributed by atoms with E-state index in [0.29, 0.717) is 42.9 Å². The lowest BCUT2D eigenvalue weighted by molar-refractivity contribution is -0.154. The highest BCUT2D eigenvalue weighted by Crippen LogP contribution is 2.24. The Balaban J connectivity index is 2.12. The van der Waals surface area contributed by atoms with E-state index in [4.69, 9.17) is 4.74 Å². The molecule has 0 aromatic carbocycles. The molecule has 2 N–H and O–H groups in total. The van der Waals surface area contributed by atoms with Gasteiger partial charge in [-0.2, -0.15) is 5.10 Å². The molecule has 0 aliphatic carbocycles. The summed E-state index contributed by atoms with van der Waals surface area (Å²) in [5.41, 5.74) is 0.669. The highest BCUT2D eigenvalue weighted by atomic mass is 32.2. The van der Waals surface area contributed by atoms with Crippen molar-refractivity contribution >= 4 is 40.5 Å². The molecule has 2 aromatic heterocycles. The number of fused-ring (bicyclic) bond motifs is 1. The lowest BCUT2D eigenvalue weighted by Gasteiger charge is -2.10. The maximum atomic E-state index is 11.7. The predicted molar refractivity (Wildman–Crippen MR) is 111 cm³/mol. The van der Waals surface area contributed by atoms with Crippen LogP contribution in [0.1, 0.15) is 27.2 Å². The van der Waals surface area contributed by atoms with Gasteiger partial charge in [0.15, 0.2) is 10.8 Å². The second-order valence-electron chi connectivity index (χ2n) is 5.91. The molecule has 11 heteroatoms. The Kier molecular flexibility index (Phi) is 9.65. The number of hydrogen-bond acceptors (Lipinski definition) is 9. The zero-order valence-corrected chi connectivity index (χ0v) is 17.9. The van der Waals surface area contributed by atoms with Gasteiger partial charge in [-0.1, -0.05) is 18.7 Å². The highest BCUT2D eigenvalue weighted by Gasteiger charge is 2.16. The number of rotatable bonds is 12. The van der Waals surface area contributed by atoms with Crippen molar-refractivity contribution in [3.8, 4) is 0 Å². The smallest absolute Gasteiger partial charge is 0.396 e. The fourth-order valence-electron chi connectivity index (χ4n) is 2.42. The Morgan fingerprint density at radius 3 is 2.72 bits per heavy atom. The van der Waals surface area contributed by atoms with Crippen LogP contribution in [0.2, 0.25) is 0 Å². The van der Waals surface area contributed by atoms with Gasteiger partial charge in [-0.3, -0.25) is 4.79 Å². The molecule has 0 aliphatic rings. The molecular weight excluding hydrogens is 396 g/mol. The third kappa shape index (κ3) is 6.86. The van der Waals surface area contributed by atoms with Crippen LogP contribution in [-0.2, 0) is 25.6 Å². The van der Waals surface area contributed by atoms with Gasteiger partial charge < -0.3 is 20.1 Å². The summed E-state index contributed by atoms with van der Waals surface area (Å²) in [5.74, 6) is -0.0436. The number of ether oxygens (including phenoxy) is 2. The standard InChI is InChI=1S/C18H28N6O4S/c1-4-11-29-18-22-14(19-8-10-27-5-2)13-12-21-24(15(13)23-18)9-7-20-16(25)17(26)28-6-3/h12H,4-11H2,1-3H3,(H,20,25)(H,19,22,23). The van der Waals surface area contributed by atoms with Crippen LogP contribution in [0.25, 0.3) is 11.0 Å². The van der Waals surface area contributed by atoms with Gasteiger partial charge in [-0.15, -0.1) is 0 Å². The lowest BCUT2D eigenvalue weighted by Crippen LogP contribution is -2.34. The van der Waals surface area contributed by atoms with Crippen molar-refractivity contribution in [1.82, 2.24) is 25.1 Å². The van der Waals surface area contributed by atoms with Crippen LogP contribution in [0, 0.1) is 0 Å². The van der Waals surface area contributed by atoms with E-state index in [-0.39, 0.29) is 13.2 Å². The summed E-state index contributed by atoms with van der Waals surface area (Å²) in [4.78, 5) is 32.3. The Morgan fingerprint density at radius 1 is 1.17 bits per heavy atom. The molecule has 2 heterocycles. The zero-order valence-electron chi connectivity index (χ0n) is 17.1. The number of nitrogens with one attached hydrogen (secondary N) is 2. The van der Waals surface area contributed by atoms with E-state index in [0.717, 1.165) is 17.6 Å². The van der Waals surface area contributed by atoms with E-state index in [1.165, 1.54) is 0 Å². The van der Waals surface area contributed by atoms with Crippen LogP contribution in [0.3, 0.4) is 0 Å². The van der Waals surface area contributed by atoms with Crippen molar-refractivity contribution in [1.29, 1.82) is 0 Å². The summed E-state index contributed by atoms with van der Waals surface area (Å²) >= 11 is 1.58. The van der Waals surface area contributed by atoms with Gasteiger partial charge in [-0.05, 0) is 20.3 Å². The van der Waals surface area contributed by atoms with Crippen LogP contribution in [-0.4, -0.2) is 70.3 Å². The molecule has 2 aromatic rings. The monoisotopic (exact) mass is 424 g/mol. The molecule has 0 unspecified atom stereocenters. The Morgan fingerprint density at radius 2 is 2.00 bits per heavy atom. The zero-order chi connectivity index (χ0) is 21.1. The lowest BCUT2D eigenvalue weighted by atomic mass is 10.4. The molecule has 0 atom stereocenters. The number of esters is 1. The van der Waals surface area contributed by atoms with Crippen molar-refractivity contribution in [3.63, 3.8) is 0 Å². The number of anilines is 1. The number of thioether (sulfide) groups is 1. The van der Waals surface area contributed by atoms with Crippen molar-refractivity contribution in [3.05, 3.63) is 6.20 Å². The normalized spacial score (nSPS) is 10.9. The van der Waals surface area contributed by atoms with Crippen LogP contribution >= 0.6 is 11.8 Å². The first-order chi connectivity index (χ1) is 14.1. The number of aromatic nitrogens is 4. The summed E-state index contributed by atoms with van der Waals surface area (Å²) in [6.45, 7) is 8.31. The average Bonchev–Trinajstić information content (AvgIpc) is 3.12. The van der Waals surface area contributed by atoms with E-state index in [1.807, 2.05) is 6.92 Å². The number of carbonyl (C=O) groups excluding carboxylic acids is 2. The minimum Gasteiger partial charge on any atom is -0.459 e. The summed E-state index contributed by atoms with van der Waals surface area (Å²) in [5, 5.41) is 11.6. The van der Waals surface area contributed by atoms with Gasteiger partial charge in [0, 0.05) is 25.4 Å². The second-order valence-corrected chi connectivity index (χ2v) is 6.97. The molecule has 0 saturated heterocycles. The number of carbonyl (C=O) groups is 2. The fraction of sp³-hybridized carbons (Fsp3) is 0.611.